The van der Waals surface area contributed by atoms with E-state index in [9.17, 15) is 0 Å². The molecule has 2 aromatic carbocycles. The van der Waals surface area contributed by atoms with Gasteiger partial charge in [-0.25, -0.2) is 0 Å². The number of aryl methyl sites for hydroxylation is 2. The van der Waals surface area contributed by atoms with E-state index in [2.05, 4.69) is 37.3 Å². The van der Waals surface area contributed by atoms with Crippen molar-refractivity contribution in [3.63, 3.8) is 0 Å². The van der Waals surface area contributed by atoms with Crippen molar-refractivity contribution in [2.24, 2.45) is 0 Å². The molecule has 0 spiro atoms. The molecule has 0 amide bonds. The van der Waals surface area contributed by atoms with Crippen LogP contribution in [0.4, 0.5) is 0 Å². The first kappa shape index (κ1) is 14.0. The van der Waals surface area contributed by atoms with Gasteiger partial charge in [-0.05, 0) is 30.9 Å². The number of alkyl halides is 1. The molecule has 100 valence electrons. The molecule has 0 heterocycles. The van der Waals surface area contributed by atoms with E-state index in [1.807, 2.05) is 18.2 Å². The Morgan fingerprint density at radius 1 is 1.00 bits per heavy atom. The highest BCUT2D eigenvalue weighted by Crippen LogP contribution is 2.25. The zero-order valence-corrected chi connectivity index (χ0v) is 12.0. The average molecular weight is 275 g/mol. The summed E-state index contributed by atoms with van der Waals surface area (Å²) in [7, 11) is 0. The molecule has 0 saturated heterocycles. The maximum Gasteiger partial charge on any atom is 0.126 e. The first-order valence-corrected chi connectivity index (χ1v) is 7.16. The van der Waals surface area contributed by atoms with E-state index in [0.29, 0.717) is 5.88 Å². The van der Waals surface area contributed by atoms with Crippen LogP contribution in [0.25, 0.3) is 0 Å². The van der Waals surface area contributed by atoms with Crippen LogP contribution in [-0.4, -0.2) is 6.61 Å². The van der Waals surface area contributed by atoms with Crippen molar-refractivity contribution >= 4 is 11.6 Å². The number of hydrogen-bond acceptors (Lipinski definition) is 1. The zero-order valence-electron chi connectivity index (χ0n) is 11.2. The van der Waals surface area contributed by atoms with Gasteiger partial charge in [0.05, 0.1) is 12.5 Å². The summed E-state index contributed by atoms with van der Waals surface area (Å²) in [5.41, 5.74) is 3.58. The first-order valence-electron chi connectivity index (χ1n) is 6.62. The predicted octanol–water partition coefficient (Wildman–Crippen LogP) is 4.75. The van der Waals surface area contributed by atoms with Gasteiger partial charge in [-0.1, -0.05) is 48.5 Å². The van der Waals surface area contributed by atoms with Crippen molar-refractivity contribution in [3.05, 3.63) is 65.2 Å². The molecule has 0 aliphatic heterocycles. The van der Waals surface area contributed by atoms with Gasteiger partial charge in [0, 0.05) is 5.56 Å². The minimum absolute atomic E-state index is 0.496. The average Bonchev–Trinajstić information content (AvgIpc) is 2.46. The Morgan fingerprint density at radius 2 is 1.79 bits per heavy atom. The van der Waals surface area contributed by atoms with Crippen molar-refractivity contribution in [2.45, 2.75) is 25.6 Å². The van der Waals surface area contributed by atoms with Crippen LogP contribution in [0.3, 0.4) is 0 Å². The van der Waals surface area contributed by atoms with Gasteiger partial charge in [-0.2, -0.15) is 0 Å². The first-order chi connectivity index (χ1) is 9.31. The molecule has 0 aliphatic rings. The number of benzene rings is 2. The molecule has 0 fully saturated rings. The Balaban J connectivity index is 1.86. The van der Waals surface area contributed by atoms with Crippen molar-refractivity contribution < 1.29 is 4.74 Å². The number of hydrogen-bond donors (Lipinski definition) is 0. The van der Waals surface area contributed by atoms with Crippen LogP contribution in [0.15, 0.2) is 48.5 Å². The maximum absolute atomic E-state index is 5.93. The third-order valence-corrected chi connectivity index (χ3v) is 3.42. The van der Waals surface area contributed by atoms with Gasteiger partial charge in [0.25, 0.3) is 0 Å². The largest absolute Gasteiger partial charge is 0.493 e. The fraction of sp³-hybridized carbons (Fsp3) is 0.294. The van der Waals surface area contributed by atoms with Gasteiger partial charge in [-0.15, -0.1) is 11.6 Å². The summed E-state index contributed by atoms with van der Waals surface area (Å²) < 4.78 is 5.90. The quantitative estimate of drug-likeness (QED) is 0.546. The van der Waals surface area contributed by atoms with Crippen molar-refractivity contribution in [2.75, 3.05) is 6.61 Å². The topological polar surface area (TPSA) is 9.23 Å². The highest BCUT2D eigenvalue weighted by molar-refractivity contribution is 6.17. The summed E-state index contributed by atoms with van der Waals surface area (Å²) in [6.07, 6.45) is 2.06. The molecule has 2 rings (SSSR count). The molecule has 0 bridgehead atoms. The number of ether oxygens (including phenoxy) is 1. The molecule has 0 aromatic heterocycles. The molecule has 1 nitrogen and oxygen atoms in total. The van der Waals surface area contributed by atoms with Crippen LogP contribution < -0.4 is 4.74 Å². The SMILES string of the molecule is Cc1cccc(CCl)c1OCCCc1ccccc1. The van der Waals surface area contributed by atoms with E-state index in [1.165, 1.54) is 5.56 Å². The highest BCUT2D eigenvalue weighted by atomic mass is 35.5. The Hall–Kier alpha value is -1.47. The fourth-order valence-corrected chi connectivity index (χ4v) is 2.33. The van der Waals surface area contributed by atoms with Gasteiger partial charge < -0.3 is 4.74 Å². The lowest BCUT2D eigenvalue weighted by molar-refractivity contribution is 0.306. The molecule has 0 radical (unpaired) electrons. The van der Waals surface area contributed by atoms with Gasteiger partial charge in [0.2, 0.25) is 0 Å². The smallest absolute Gasteiger partial charge is 0.126 e. The highest BCUT2D eigenvalue weighted by Gasteiger charge is 2.05. The monoisotopic (exact) mass is 274 g/mol. The van der Waals surface area contributed by atoms with E-state index in [1.54, 1.807) is 0 Å². The Bertz CT molecular complexity index is 508. The van der Waals surface area contributed by atoms with E-state index in [4.69, 9.17) is 16.3 Å². The molecular formula is C17H19ClO. The molecule has 0 saturated carbocycles. The van der Waals surface area contributed by atoms with Crippen LogP contribution in [0, 0.1) is 6.92 Å². The van der Waals surface area contributed by atoms with Crippen LogP contribution in [-0.2, 0) is 12.3 Å². The summed E-state index contributed by atoms with van der Waals surface area (Å²) in [5, 5.41) is 0. The lowest BCUT2D eigenvalue weighted by atomic mass is 10.1. The van der Waals surface area contributed by atoms with Gasteiger partial charge in [-0.3, -0.25) is 0 Å². The molecule has 0 atom stereocenters. The number of halogens is 1. The molecule has 2 heteroatoms. The molecule has 0 aliphatic carbocycles. The molecular weight excluding hydrogens is 256 g/mol. The minimum atomic E-state index is 0.496. The normalized spacial score (nSPS) is 10.4. The summed E-state index contributed by atoms with van der Waals surface area (Å²) in [5.74, 6) is 1.45. The Morgan fingerprint density at radius 3 is 2.53 bits per heavy atom. The minimum Gasteiger partial charge on any atom is -0.493 e. The Labute approximate surface area is 120 Å². The second-order valence-electron chi connectivity index (χ2n) is 4.63. The second kappa shape index (κ2) is 7.20. The maximum atomic E-state index is 5.93. The van der Waals surface area contributed by atoms with Crippen molar-refractivity contribution in [3.8, 4) is 5.75 Å². The lowest BCUT2D eigenvalue weighted by Crippen LogP contribution is -2.02. The molecule has 2 aromatic rings. The number of para-hydroxylation sites is 1. The van der Waals surface area contributed by atoms with Crippen molar-refractivity contribution in [1.29, 1.82) is 0 Å². The molecule has 0 unspecified atom stereocenters. The fourth-order valence-electron chi connectivity index (χ4n) is 2.12. The Kier molecular flexibility index (Phi) is 5.29. The number of rotatable bonds is 6. The summed E-state index contributed by atoms with van der Waals surface area (Å²) in [4.78, 5) is 0. The molecule has 0 N–H and O–H groups in total. The van der Waals surface area contributed by atoms with Gasteiger partial charge in [0.1, 0.15) is 5.75 Å². The van der Waals surface area contributed by atoms with E-state index >= 15 is 0 Å². The molecule has 19 heavy (non-hydrogen) atoms. The third-order valence-electron chi connectivity index (χ3n) is 3.14. The summed E-state index contributed by atoms with van der Waals surface area (Å²) >= 11 is 5.93. The van der Waals surface area contributed by atoms with Crippen LogP contribution in [0.1, 0.15) is 23.1 Å². The van der Waals surface area contributed by atoms with Gasteiger partial charge >= 0.3 is 0 Å². The van der Waals surface area contributed by atoms with E-state index < -0.39 is 0 Å². The van der Waals surface area contributed by atoms with E-state index in [-0.39, 0.29) is 0 Å². The zero-order chi connectivity index (χ0) is 13.5. The van der Waals surface area contributed by atoms with Crippen molar-refractivity contribution in [1.82, 2.24) is 0 Å². The second-order valence-corrected chi connectivity index (χ2v) is 4.90. The van der Waals surface area contributed by atoms with Gasteiger partial charge in [0.15, 0.2) is 0 Å². The van der Waals surface area contributed by atoms with Crippen LogP contribution >= 0.6 is 11.6 Å². The standard InChI is InChI=1S/C17H19ClO/c1-14-7-5-11-16(13-18)17(14)19-12-6-10-15-8-3-2-4-9-15/h2-5,7-9,11H,6,10,12-13H2,1H3. The van der Waals surface area contributed by atoms with E-state index in [0.717, 1.165) is 36.3 Å². The van der Waals surface area contributed by atoms with Crippen LogP contribution in [0.2, 0.25) is 0 Å². The van der Waals surface area contributed by atoms with Crippen LogP contribution in [0.5, 0.6) is 5.75 Å². The summed E-state index contributed by atoms with van der Waals surface area (Å²) in [6.45, 7) is 2.78. The third kappa shape index (κ3) is 4.00. The summed E-state index contributed by atoms with van der Waals surface area (Å²) in [6, 6.07) is 16.6. The lowest BCUT2D eigenvalue weighted by Gasteiger charge is -2.12. The predicted molar refractivity (Wildman–Crippen MR) is 81.0 cm³/mol.